The van der Waals surface area contributed by atoms with Crippen LogP contribution in [0.1, 0.15) is 26.3 Å². The topological polar surface area (TPSA) is 82.2 Å². The number of carbonyl (C=O) groups excluding carboxylic acids is 2. The second kappa shape index (κ2) is 8.91. The van der Waals surface area contributed by atoms with Crippen LogP contribution in [0.25, 0.3) is 0 Å². The van der Waals surface area contributed by atoms with Gasteiger partial charge in [0.2, 0.25) is 0 Å². The van der Waals surface area contributed by atoms with Crippen LogP contribution < -0.4 is 0 Å². The van der Waals surface area contributed by atoms with Crippen LogP contribution in [0.2, 0.25) is 0 Å². The van der Waals surface area contributed by atoms with Crippen molar-refractivity contribution in [3.05, 3.63) is 77.6 Å². The van der Waals surface area contributed by atoms with E-state index >= 15 is 0 Å². The number of hydrogen-bond acceptors (Lipinski definition) is 5. The number of carbonyl (C=O) groups is 2. The van der Waals surface area contributed by atoms with Gasteiger partial charge in [0.05, 0.1) is 0 Å². The summed E-state index contributed by atoms with van der Waals surface area (Å²) < 4.78 is 0. The first-order valence-corrected chi connectivity index (χ1v) is 10.4. The highest BCUT2D eigenvalue weighted by atomic mass is 32.2. The van der Waals surface area contributed by atoms with E-state index < -0.39 is 0 Å². The Morgan fingerprint density at radius 1 is 0.862 bits per heavy atom. The van der Waals surface area contributed by atoms with Crippen LogP contribution in [-0.4, -0.2) is 63.0 Å². The molecule has 2 heterocycles. The van der Waals surface area contributed by atoms with E-state index in [0.29, 0.717) is 37.3 Å². The van der Waals surface area contributed by atoms with Crippen molar-refractivity contribution in [2.45, 2.75) is 10.9 Å². The smallest absolute Gasteiger partial charge is 0.253 e. The lowest BCUT2D eigenvalue weighted by Crippen LogP contribution is -2.50. The number of nitrogens with one attached hydrogen (secondary N) is 1. The van der Waals surface area contributed by atoms with Crippen molar-refractivity contribution in [3.8, 4) is 0 Å². The molecule has 0 aliphatic carbocycles. The fourth-order valence-corrected chi connectivity index (χ4v) is 3.95. The minimum Gasteiger partial charge on any atom is -0.335 e. The van der Waals surface area contributed by atoms with Crippen LogP contribution in [0.4, 0.5) is 0 Å². The third kappa shape index (κ3) is 4.65. The van der Waals surface area contributed by atoms with Gasteiger partial charge in [-0.2, -0.15) is 5.10 Å². The molecule has 0 saturated carbocycles. The number of H-pyrrole nitrogens is 1. The Morgan fingerprint density at radius 3 is 2.00 bits per heavy atom. The molecule has 1 N–H and O–H groups in total. The average molecular weight is 407 g/mol. The Balaban J connectivity index is 1.30. The maximum atomic E-state index is 12.8. The number of hydrogen-bond donors (Lipinski definition) is 1. The number of benzene rings is 2. The van der Waals surface area contributed by atoms with Crippen molar-refractivity contribution in [2.24, 2.45) is 0 Å². The molecule has 2 amide bonds. The van der Waals surface area contributed by atoms with Crippen LogP contribution in [-0.2, 0) is 5.75 Å². The van der Waals surface area contributed by atoms with Crippen LogP contribution in [0.3, 0.4) is 0 Å². The molecule has 0 radical (unpaired) electrons. The summed E-state index contributed by atoms with van der Waals surface area (Å²) in [4.78, 5) is 33.0. The quantitative estimate of drug-likeness (QED) is 0.658. The predicted octanol–water partition coefficient (Wildman–Crippen LogP) is 2.70. The number of nitrogens with zero attached hydrogens (tertiary/aromatic N) is 4. The normalized spacial score (nSPS) is 14.1. The standard InChI is InChI=1S/C21H21N5O2S/c27-19(17-4-2-1-3-5-17)25-10-12-26(13-11-25)20(28)18-8-6-16(7-9-18)14-29-21-22-15-23-24-21/h1-9,15H,10-14H2,(H,22,23,24). The minimum atomic E-state index is 0.00578. The zero-order valence-corrected chi connectivity index (χ0v) is 16.6. The van der Waals surface area contributed by atoms with E-state index in [4.69, 9.17) is 0 Å². The molecule has 0 atom stereocenters. The van der Waals surface area contributed by atoms with Crippen molar-refractivity contribution < 1.29 is 9.59 Å². The Hall–Kier alpha value is -3.13. The van der Waals surface area contributed by atoms with Crippen molar-refractivity contribution in [3.63, 3.8) is 0 Å². The summed E-state index contributed by atoms with van der Waals surface area (Å²) in [7, 11) is 0. The van der Waals surface area contributed by atoms with Crippen molar-refractivity contribution in [1.29, 1.82) is 0 Å². The second-order valence-corrected chi connectivity index (χ2v) is 7.69. The van der Waals surface area contributed by atoms with E-state index in [0.717, 1.165) is 16.5 Å². The molecule has 4 rings (SSSR count). The summed E-state index contributed by atoms with van der Waals surface area (Å²) in [5, 5.41) is 7.41. The maximum absolute atomic E-state index is 12.8. The van der Waals surface area contributed by atoms with E-state index in [1.165, 1.54) is 6.33 Å². The molecule has 1 fully saturated rings. The first kappa shape index (κ1) is 19.2. The highest BCUT2D eigenvalue weighted by molar-refractivity contribution is 7.98. The lowest BCUT2D eigenvalue weighted by atomic mass is 10.1. The molecule has 8 heteroatoms. The highest BCUT2D eigenvalue weighted by Gasteiger charge is 2.25. The summed E-state index contributed by atoms with van der Waals surface area (Å²) in [6, 6.07) is 16.9. The molecular formula is C21H21N5O2S. The van der Waals surface area contributed by atoms with Crippen LogP contribution >= 0.6 is 11.8 Å². The molecule has 7 nitrogen and oxygen atoms in total. The van der Waals surface area contributed by atoms with Gasteiger partial charge in [-0.25, -0.2) is 4.98 Å². The third-order valence-electron chi connectivity index (χ3n) is 4.84. The summed E-state index contributed by atoms with van der Waals surface area (Å²) in [5.41, 5.74) is 2.47. The Labute approximate surface area is 173 Å². The number of aromatic nitrogens is 3. The lowest BCUT2D eigenvalue weighted by molar-refractivity contribution is 0.0535. The van der Waals surface area contributed by atoms with Crippen LogP contribution in [0.15, 0.2) is 66.1 Å². The first-order chi connectivity index (χ1) is 14.2. The molecule has 0 unspecified atom stereocenters. The van der Waals surface area contributed by atoms with Gasteiger partial charge in [0, 0.05) is 43.1 Å². The number of rotatable bonds is 5. The molecular weight excluding hydrogens is 386 g/mol. The highest BCUT2D eigenvalue weighted by Crippen LogP contribution is 2.19. The molecule has 1 aliphatic heterocycles. The van der Waals surface area contributed by atoms with Gasteiger partial charge in [-0.3, -0.25) is 14.7 Å². The molecule has 0 spiro atoms. The molecule has 1 saturated heterocycles. The van der Waals surface area contributed by atoms with Gasteiger partial charge in [0.1, 0.15) is 6.33 Å². The van der Waals surface area contributed by atoms with Crippen molar-refractivity contribution in [1.82, 2.24) is 25.0 Å². The predicted molar refractivity (Wildman–Crippen MR) is 111 cm³/mol. The van der Waals surface area contributed by atoms with Gasteiger partial charge < -0.3 is 9.80 Å². The largest absolute Gasteiger partial charge is 0.335 e. The van der Waals surface area contributed by atoms with Crippen molar-refractivity contribution in [2.75, 3.05) is 26.2 Å². The van der Waals surface area contributed by atoms with E-state index in [-0.39, 0.29) is 11.8 Å². The fraction of sp³-hybridized carbons (Fsp3) is 0.238. The number of piperazine rings is 1. The summed E-state index contributed by atoms with van der Waals surface area (Å²) >= 11 is 1.56. The molecule has 0 bridgehead atoms. The third-order valence-corrected chi connectivity index (χ3v) is 5.79. The van der Waals surface area contributed by atoms with Crippen LogP contribution in [0.5, 0.6) is 0 Å². The molecule has 1 aromatic heterocycles. The molecule has 2 aromatic carbocycles. The Kier molecular flexibility index (Phi) is 5.90. The summed E-state index contributed by atoms with van der Waals surface area (Å²) in [6.07, 6.45) is 1.48. The van der Waals surface area contributed by atoms with Gasteiger partial charge in [-0.15, -0.1) is 0 Å². The van der Waals surface area contributed by atoms with E-state index in [1.807, 2.05) is 64.4 Å². The first-order valence-electron chi connectivity index (χ1n) is 9.41. The molecule has 1 aliphatic rings. The average Bonchev–Trinajstić information content (AvgIpc) is 3.31. The molecule has 3 aromatic rings. The van der Waals surface area contributed by atoms with Gasteiger partial charge >= 0.3 is 0 Å². The summed E-state index contributed by atoms with van der Waals surface area (Å²) in [5.74, 6) is 0.779. The zero-order chi connectivity index (χ0) is 20.1. The van der Waals surface area contributed by atoms with Gasteiger partial charge in [-0.1, -0.05) is 42.1 Å². The lowest BCUT2D eigenvalue weighted by Gasteiger charge is -2.35. The SMILES string of the molecule is O=C(c1ccccc1)N1CCN(C(=O)c2ccc(CSc3ncn[nH]3)cc2)CC1. The number of thioether (sulfide) groups is 1. The minimum absolute atomic E-state index is 0.00578. The van der Waals surface area contributed by atoms with E-state index in [2.05, 4.69) is 15.2 Å². The fourth-order valence-electron chi connectivity index (χ4n) is 3.22. The van der Waals surface area contributed by atoms with Gasteiger partial charge in [0.25, 0.3) is 11.8 Å². The Bertz CT molecular complexity index is 953. The van der Waals surface area contributed by atoms with Crippen molar-refractivity contribution >= 4 is 23.6 Å². The van der Waals surface area contributed by atoms with E-state index in [9.17, 15) is 9.59 Å². The van der Waals surface area contributed by atoms with Gasteiger partial charge in [-0.05, 0) is 29.8 Å². The van der Waals surface area contributed by atoms with Crippen LogP contribution in [0, 0.1) is 0 Å². The maximum Gasteiger partial charge on any atom is 0.253 e. The molecule has 29 heavy (non-hydrogen) atoms. The monoisotopic (exact) mass is 407 g/mol. The summed E-state index contributed by atoms with van der Waals surface area (Å²) in [6.45, 7) is 2.18. The molecule has 148 valence electrons. The Morgan fingerprint density at radius 2 is 1.45 bits per heavy atom. The van der Waals surface area contributed by atoms with E-state index in [1.54, 1.807) is 11.8 Å². The van der Waals surface area contributed by atoms with Gasteiger partial charge in [0.15, 0.2) is 5.16 Å². The zero-order valence-electron chi connectivity index (χ0n) is 15.8. The number of aromatic amines is 1. The number of amides is 2. The second-order valence-electron chi connectivity index (χ2n) is 6.73.